The van der Waals surface area contributed by atoms with E-state index in [4.69, 9.17) is 11.6 Å². The van der Waals surface area contributed by atoms with Crippen molar-refractivity contribution in [3.8, 4) is 0 Å². The largest absolute Gasteiger partial charge is 0.324 e. The van der Waals surface area contributed by atoms with Gasteiger partial charge in [0.15, 0.2) is 0 Å². The maximum Gasteiger partial charge on any atom is 0.243 e. The number of amides is 1. The number of hydrogen-bond acceptors (Lipinski definition) is 3. The number of benzene rings is 2. The van der Waals surface area contributed by atoms with Crippen LogP contribution >= 0.6 is 11.6 Å². The minimum absolute atomic E-state index is 0.0266. The Bertz CT molecular complexity index is 919. The highest BCUT2D eigenvalue weighted by molar-refractivity contribution is 7.89. The fourth-order valence-electron chi connectivity index (χ4n) is 3.21. The van der Waals surface area contributed by atoms with E-state index in [1.54, 1.807) is 6.07 Å². The molecular formula is C19H20ClFN2O3S. The average Bonchev–Trinajstić information content (AvgIpc) is 2.64. The van der Waals surface area contributed by atoms with Crippen LogP contribution in [0.2, 0.25) is 5.02 Å². The molecule has 0 radical (unpaired) electrons. The van der Waals surface area contributed by atoms with E-state index < -0.39 is 27.8 Å². The Hall–Kier alpha value is -1.96. The van der Waals surface area contributed by atoms with E-state index in [9.17, 15) is 17.6 Å². The van der Waals surface area contributed by atoms with Crippen LogP contribution in [0.1, 0.15) is 25.7 Å². The van der Waals surface area contributed by atoms with Crippen molar-refractivity contribution in [2.24, 2.45) is 0 Å². The summed E-state index contributed by atoms with van der Waals surface area (Å²) in [5.74, 6) is -0.941. The number of anilines is 1. The summed E-state index contributed by atoms with van der Waals surface area (Å²) in [6, 6.07) is 11.4. The van der Waals surface area contributed by atoms with Gasteiger partial charge >= 0.3 is 0 Å². The third-order valence-corrected chi connectivity index (χ3v) is 6.78. The summed E-state index contributed by atoms with van der Waals surface area (Å²) in [6.07, 6.45) is 2.13. The molecule has 1 unspecified atom stereocenters. The first-order valence-electron chi connectivity index (χ1n) is 8.70. The van der Waals surface area contributed by atoms with Crippen LogP contribution < -0.4 is 5.32 Å². The second-order valence-corrected chi connectivity index (χ2v) is 8.78. The Labute approximate surface area is 163 Å². The van der Waals surface area contributed by atoms with Crippen molar-refractivity contribution in [1.82, 2.24) is 4.31 Å². The van der Waals surface area contributed by atoms with Crippen LogP contribution in [-0.4, -0.2) is 31.2 Å². The molecule has 0 spiro atoms. The van der Waals surface area contributed by atoms with Crippen molar-refractivity contribution in [3.63, 3.8) is 0 Å². The summed E-state index contributed by atoms with van der Waals surface area (Å²) in [5.41, 5.74) is 0.0883. The van der Waals surface area contributed by atoms with Gasteiger partial charge in [0.05, 0.1) is 10.6 Å². The molecule has 1 atom stereocenters. The van der Waals surface area contributed by atoms with E-state index in [1.165, 1.54) is 46.8 Å². The van der Waals surface area contributed by atoms with E-state index in [0.29, 0.717) is 18.0 Å². The second-order valence-electron chi connectivity index (χ2n) is 6.45. The molecule has 8 heteroatoms. The molecular weight excluding hydrogens is 391 g/mol. The number of sulfonamides is 1. The van der Waals surface area contributed by atoms with Gasteiger partial charge in [0.2, 0.25) is 15.9 Å². The highest BCUT2D eigenvalue weighted by Gasteiger charge is 2.34. The van der Waals surface area contributed by atoms with Crippen molar-refractivity contribution in [2.75, 3.05) is 11.9 Å². The van der Waals surface area contributed by atoms with Crippen LogP contribution in [0.25, 0.3) is 0 Å². The van der Waals surface area contributed by atoms with Crippen LogP contribution in [0.4, 0.5) is 10.1 Å². The topological polar surface area (TPSA) is 66.5 Å². The molecule has 2 aromatic carbocycles. The summed E-state index contributed by atoms with van der Waals surface area (Å²) in [6.45, 7) is 0.350. The monoisotopic (exact) mass is 410 g/mol. The van der Waals surface area contributed by atoms with Crippen molar-refractivity contribution in [3.05, 3.63) is 59.4 Å². The zero-order valence-electron chi connectivity index (χ0n) is 14.6. The predicted octanol–water partition coefficient (Wildman–Crippen LogP) is 4.05. The van der Waals surface area contributed by atoms with Crippen molar-refractivity contribution in [2.45, 2.75) is 36.6 Å². The Morgan fingerprint density at radius 2 is 1.85 bits per heavy atom. The fourth-order valence-corrected chi connectivity index (χ4v) is 5.03. The quantitative estimate of drug-likeness (QED) is 0.808. The van der Waals surface area contributed by atoms with Gasteiger partial charge in [-0.15, -0.1) is 0 Å². The van der Waals surface area contributed by atoms with E-state index >= 15 is 0 Å². The first kappa shape index (κ1) is 19.8. The first-order chi connectivity index (χ1) is 12.9. The molecule has 1 amide bonds. The third-order valence-electron chi connectivity index (χ3n) is 4.56. The Balaban J connectivity index is 1.76. The van der Waals surface area contributed by atoms with Gasteiger partial charge in [0.1, 0.15) is 5.82 Å². The molecule has 5 nitrogen and oxygen atoms in total. The van der Waals surface area contributed by atoms with Crippen molar-refractivity contribution in [1.29, 1.82) is 0 Å². The molecule has 27 heavy (non-hydrogen) atoms. The summed E-state index contributed by atoms with van der Waals surface area (Å²) in [7, 11) is -3.73. The standard InChI is InChI=1S/C19H20ClFN2O3S/c20-14-8-10-16(11-9-14)27(25,26)23-12-4-3-5-15(23)13-19(24)22-18-7-2-1-6-17(18)21/h1-2,6-11,15H,3-5,12-13H2,(H,22,24). The normalized spacial score (nSPS) is 18.2. The molecule has 1 aliphatic rings. The average molecular weight is 411 g/mol. The van der Waals surface area contributed by atoms with Crippen LogP contribution in [0.15, 0.2) is 53.4 Å². The lowest BCUT2D eigenvalue weighted by atomic mass is 10.0. The van der Waals surface area contributed by atoms with Gasteiger partial charge in [-0.25, -0.2) is 12.8 Å². The Morgan fingerprint density at radius 3 is 2.56 bits per heavy atom. The molecule has 1 saturated heterocycles. The van der Waals surface area contributed by atoms with Gasteiger partial charge in [-0.1, -0.05) is 30.2 Å². The summed E-state index contributed by atoms with van der Waals surface area (Å²) >= 11 is 5.84. The van der Waals surface area contributed by atoms with Gasteiger partial charge in [-0.2, -0.15) is 4.31 Å². The number of carbonyl (C=O) groups is 1. The molecule has 144 valence electrons. The smallest absolute Gasteiger partial charge is 0.243 e. The zero-order chi connectivity index (χ0) is 19.4. The Morgan fingerprint density at radius 1 is 1.15 bits per heavy atom. The van der Waals surface area contributed by atoms with Crippen LogP contribution in [0.3, 0.4) is 0 Å². The summed E-state index contributed by atoms with van der Waals surface area (Å²) < 4.78 is 41.1. The van der Waals surface area contributed by atoms with Crippen LogP contribution in [-0.2, 0) is 14.8 Å². The number of nitrogens with zero attached hydrogens (tertiary/aromatic N) is 1. The molecule has 1 aliphatic heterocycles. The lowest BCUT2D eigenvalue weighted by molar-refractivity contribution is -0.117. The Kier molecular flexibility index (Phi) is 6.14. The van der Waals surface area contributed by atoms with Crippen LogP contribution in [0, 0.1) is 5.82 Å². The third kappa shape index (κ3) is 4.66. The molecule has 0 saturated carbocycles. The molecule has 1 fully saturated rings. The molecule has 1 N–H and O–H groups in total. The van der Waals surface area contributed by atoms with Gasteiger partial charge in [0.25, 0.3) is 0 Å². The minimum atomic E-state index is -3.73. The number of piperidine rings is 1. The SMILES string of the molecule is O=C(CC1CCCCN1S(=O)(=O)c1ccc(Cl)cc1)Nc1ccccc1F. The lowest BCUT2D eigenvalue weighted by Gasteiger charge is -2.34. The fraction of sp³-hybridized carbons (Fsp3) is 0.316. The predicted molar refractivity (Wildman–Crippen MR) is 103 cm³/mol. The van der Waals surface area contributed by atoms with Gasteiger partial charge in [-0.05, 0) is 49.2 Å². The highest BCUT2D eigenvalue weighted by atomic mass is 35.5. The number of hydrogen-bond donors (Lipinski definition) is 1. The summed E-state index contributed by atoms with van der Waals surface area (Å²) in [5, 5.41) is 2.98. The maximum atomic E-state index is 13.7. The minimum Gasteiger partial charge on any atom is -0.324 e. The highest BCUT2D eigenvalue weighted by Crippen LogP contribution is 2.28. The van der Waals surface area contributed by atoms with Crippen molar-refractivity contribution >= 4 is 33.2 Å². The second kappa shape index (κ2) is 8.37. The van der Waals surface area contributed by atoms with Crippen LogP contribution in [0.5, 0.6) is 0 Å². The molecule has 2 aromatic rings. The van der Waals surface area contributed by atoms with Gasteiger partial charge in [0, 0.05) is 24.0 Å². The van der Waals surface area contributed by atoms with E-state index in [2.05, 4.69) is 5.32 Å². The first-order valence-corrected chi connectivity index (χ1v) is 10.5. The number of rotatable bonds is 5. The van der Waals surface area contributed by atoms with Gasteiger partial charge < -0.3 is 5.32 Å². The number of para-hydroxylation sites is 1. The summed E-state index contributed by atoms with van der Waals surface area (Å²) in [4.78, 5) is 12.5. The number of nitrogens with one attached hydrogen (secondary N) is 1. The van der Waals surface area contributed by atoms with Crippen molar-refractivity contribution < 1.29 is 17.6 Å². The maximum absolute atomic E-state index is 13.7. The molecule has 0 bridgehead atoms. The van der Waals surface area contributed by atoms with E-state index in [1.807, 2.05) is 0 Å². The number of halogens is 2. The number of carbonyl (C=O) groups excluding carboxylic acids is 1. The molecule has 0 aliphatic carbocycles. The molecule has 0 aromatic heterocycles. The molecule has 3 rings (SSSR count). The van der Waals surface area contributed by atoms with E-state index in [0.717, 1.165) is 12.8 Å². The molecule has 1 heterocycles. The zero-order valence-corrected chi connectivity index (χ0v) is 16.1. The van der Waals surface area contributed by atoms with E-state index in [-0.39, 0.29) is 17.0 Å². The van der Waals surface area contributed by atoms with Gasteiger partial charge in [-0.3, -0.25) is 4.79 Å². The lowest BCUT2D eigenvalue weighted by Crippen LogP contribution is -2.45.